The molecule has 0 aliphatic rings. The van der Waals surface area contributed by atoms with Crippen LogP contribution in [0.3, 0.4) is 0 Å². The van der Waals surface area contributed by atoms with Crippen molar-refractivity contribution in [3.05, 3.63) is 71.8 Å². The van der Waals surface area contributed by atoms with Crippen LogP contribution in [-0.4, -0.2) is 32.7 Å². The van der Waals surface area contributed by atoms with Crippen molar-refractivity contribution in [2.45, 2.75) is 5.54 Å². The smallest absolute Gasteiger partial charge is 0.0947 e. The third-order valence-corrected chi connectivity index (χ3v) is 3.62. The highest BCUT2D eigenvalue weighted by molar-refractivity contribution is 5.38. The first-order chi connectivity index (χ1) is 9.21. The number of methoxy groups -OCH3 is 1. The summed E-state index contributed by atoms with van der Waals surface area (Å²) in [6.45, 7) is 0.619. The first-order valence-corrected chi connectivity index (χ1v) is 6.49. The van der Waals surface area contributed by atoms with Gasteiger partial charge in [0.15, 0.2) is 0 Å². The molecule has 2 aromatic rings. The molecular formula is C17H21NO. The lowest BCUT2D eigenvalue weighted by Crippen LogP contribution is -2.46. The fourth-order valence-electron chi connectivity index (χ4n) is 2.62. The summed E-state index contributed by atoms with van der Waals surface area (Å²) >= 11 is 0. The molecule has 0 bridgehead atoms. The number of benzene rings is 2. The minimum Gasteiger partial charge on any atom is -0.382 e. The first kappa shape index (κ1) is 13.8. The van der Waals surface area contributed by atoms with Crippen LogP contribution in [0.5, 0.6) is 0 Å². The fraction of sp³-hybridized carbons (Fsp3) is 0.294. The van der Waals surface area contributed by atoms with Gasteiger partial charge in [-0.2, -0.15) is 0 Å². The number of rotatable bonds is 5. The van der Waals surface area contributed by atoms with Crippen molar-refractivity contribution in [1.82, 2.24) is 4.90 Å². The Balaban J connectivity index is 2.61. The predicted molar refractivity (Wildman–Crippen MR) is 79.2 cm³/mol. The van der Waals surface area contributed by atoms with Crippen LogP contribution in [0.2, 0.25) is 0 Å². The number of hydrogen-bond acceptors (Lipinski definition) is 2. The highest BCUT2D eigenvalue weighted by Crippen LogP contribution is 2.34. The average Bonchev–Trinajstić information content (AvgIpc) is 2.46. The molecule has 2 aromatic carbocycles. The molecule has 0 aromatic heterocycles. The number of ether oxygens (including phenoxy) is 1. The van der Waals surface area contributed by atoms with Gasteiger partial charge in [0.25, 0.3) is 0 Å². The SMILES string of the molecule is COCC(c1ccccc1)(c1ccccc1)N(C)C. The van der Waals surface area contributed by atoms with Gasteiger partial charge in [-0.3, -0.25) is 4.90 Å². The van der Waals surface area contributed by atoms with Crippen molar-refractivity contribution in [3.8, 4) is 0 Å². The first-order valence-electron chi connectivity index (χ1n) is 6.49. The van der Waals surface area contributed by atoms with E-state index < -0.39 is 0 Å². The highest BCUT2D eigenvalue weighted by Gasteiger charge is 2.36. The van der Waals surface area contributed by atoms with Gasteiger partial charge in [-0.15, -0.1) is 0 Å². The summed E-state index contributed by atoms with van der Waals surface area (Å²) in [5.41, 5.74) is 2.23. The Morgan fingerprint density at radius 2 is 1.26 bits per heavy atom. The van der Waals surface area contributed by atoms with E-state index in [0.717, 1.165) is 0 Å². The molecule has 0 amide bonds. The maximum absolute atomic E-state index is 5.54. The van der Waals surface area contributed by atoms with E-state index in [1.165, 1.54) is 11.1 Å². The van der Waals surface area contributed by atoms with Gasteiger partial charge >= 0.3 is 0 Å². The van der Waals surface area contributed by atoms with Gasteiger partial charge in [0.1, 0.15) is 0 Å². The zero-order valence-electron chi connectivity index (χ0n) is 11.8. The summed E-state index contributed by atoms with van der Waals surface area (Å²) < 4.78 is 5.54. The summed E-state index contributed by atoms with van der Waals surface area (Å²) in [7, 11) is 5.95. The Kier molecular flexibility index (Phi) is 4.35. The zero-order chi connectivity index (χ0) is 13.7. The summed E-state index contributed by atoms with van der Waals surface area (Å²) in [5, 5.41) is 0. The summed E-state index contributed by atoms with van der Waals surface area (Å²) in [5.74, 6) is 0. The van der Waals surface area contributed by atoms with E-state index in [2.05, 4.69) is 67.5 Å². The normalized spacial score (nSPS) is 11.8. The zero-order valence-corrected chi connectivity index (χ0v) is 11.8. The van der Waals surface area contributed by atoms with Crippen molar-refractivity contribution < 1.29 is 4.74 Å². The minimum absolute atomic E-state index is 0.253. The second-order valence-corrected chi connectivity index (χ2v) is 4.92. The molecular weight excluding hydrogens is 234 g/mol. The number of likely N-dealkylation sites (N-methyl/N-ethyl adjacent to an activating group) is 1. The van der Waals surface area contributed by atoms with E-state index in [0.29, 0.717) is 6.61 Å². The van der Waals surface area contributed by atoms with Crippen molar-refractivity contribution in [2.75, 3.05) is 27.8 Å². The Morgan fingerprint density at radius 1 is 0.842 bits per heavy atom. The van der Waals surface area contributed by atoms with Gasteiger partial charge in [-0.1, -0.05) is 60.7 Å². The van der Waals surface area contributed by atoms with Crippen LogP contribution in [0.15, 0.2) is 60.7 Å². The van der Waals surface area contributed by atoms with E-state index in [1.807, 2.05) is 12.1 Å². The van der Waals surface area contributed by atoms with Gasteiger partial charge in [-0.25, -0.2) is 0 Å². The van der Waals surface area contributed by atoms with Crippen LogP contribution in [0.25, 0.3) is 0 Å². The van der Waals surface area contributed by atoms with Gasteiger partial charge in [0, 0.05) is 7.11 Å². The maximum Gasteiger partial charge on any atom is 0.0947 e. The molecule has 0 saturated heterocycles. The molecule has 0 saturated carbocycles. The standard InChI is InChI=1S/C17H21NO/c1-18(2)17(14-19-3,15-10-6-4-7-11-15)16-12-8-5-9-13-16/h4-13H,14H2,1-3H3. The molecule has 0 radical (unpaired) electrons. The predicted octanol–water partition coefficient (Wildman–Crippen LogP) is 3.14. The molecule has 2 heteroatoms. The largest absolute Gasteiger partial charge is 0.382 e. The van der Waals surface area contributed by atoms with Crippen molar-refractivity contribution in [2.24, 2.45) is 0 Å². The van der Waals surface area contributed by atoms with Crippen LogP contribution in [0, 0.1) is 0 Å². The molecule has 2 nitrogen and oxygen atoms in total. The molecule has 19 heavy (non-hydrogen) atoms. The van der Waals surface area contributed by atoms with Crippen LogP contribution in [0.1, 0.15) is 11.1 Å². The van der Waals surface area contributed by atoms with Gasteiger partial charge in [0.05, 0.1) is 12.1 Å². The topological polar surface area (TPSA) is 12.5 Å². The van der Waals surface area contributed by atoms with E-state index >= 15 is 0 Å². The lowest BCUT2D eigenvalue weighted by atomic mass is 9.82. The Bertz CT molecular complexity index is 454. The number of nitrogens with zero attached hydrogens (tertiary/aromatic N) is 1. The third-order valence-electron chi connectivity index (χ3n) is 3.62. The third kappa shape index (κ3) is 2.55. The average molecular weight is 255 g/mol. The summed E-state index contributed by atoms with van der Waals surface area (Å²) in [4.78, 5) is 2.22. The molecule has 0 fully saturated rings. The highest BCUT2D eigenvalue weighted by atomic mass is 16.5. The quantitative estimate of drug-likeness (QED) is 0.814. The molecule has 0 aliphatic heterocycles. The number of hydrogen-bond donors (Lipinski definition) is 0. The second kappa shape index (κ2) is 6.00. The van der Waals surface area contributed by atoms with E-state index in [4.69, 9.17) is 4.74 Å². The minimum atomic E-state index is -0.253. The summed E-state index contributed by atoms with van der Waals surface area (Å²) in [6, 6.07) is 21.0. The Labute approximate surface area is 115 Å². The Hall–Kier alpha value is -1.64. The van der Waals surface area contributed by atoms with E-state index in [-0.39, 0.29) is 5.54 Å². The van der Waals surface area contributed by atoms with Gasteiger partial charge in [0.2, 0.25) is 0 Å². The van der Waals surface area contributed by atoms with Crippen LogP contribution < -0.4 is 0 Å². The summed E-state index contributed by atoms with van der Waals surface area (Å²) in [6.07, 6.45) is 0. The lowest BCUT2D eigenvalue weighted by molar-refractivity contribution is 0.0663. The van der Waals surface area contributed by atoms with E-state index in [9.17, 15) is 0 Å². The fourth-order valence-corrected chi connectivity index (χ4v) is 2.62. The maximum atomic E-state index is 5.54. The lowest BCUT2D eigenvalue weighted by Gasteiger charge is -2.40. The van der Waals surface area contributed by atoms with Gasteiger partial charge < -0.3 is 4.74 Å². The monoisotopic (exact) mass is 255 g/mol. The van der Waals surface area contributed by atoms with Crippen LogP contribution in [-0.2, 0) is 10.3 Å². The Morgan fingerprint density at radius 3 is 1.58 bits per heavy atom. The van der Waals surface area contributed by atoms with Crippen molar-refractivity contribution >= 4 is 0 Å². The van der Waals surface area contributed by atoms with Crippen molar-refractivity contribution in [1.29, 1.82) is 0 Å². The van der Waals surface area contributed by atoms with Crippen molar-refractivity contribution in [3.63, 3.8) is 0 Å². The molecule has 0 spiro atoms. The molecule has 100 valence electrons. The molecule has 0 aliphatic carbocycles. The van der Waals surface area contributed by atoms with E-state index in [1.54, 1.807) is 7.11 Å². The molecule has 0 atom stereocenters. The molecule has 2 rings (SSSR count). The second-order valence-electron chi connectivity index (χ2n) is 4.92. The molecule has 0 heterocycles. The van der Waals surface area contributed by atoms with Gasteiger partial charge in [-0.05, 0) is 25.2 Å². The van der Waals surface area contributed by atoms with Crippen LogP contribution >= 0.6 is 0 Å². The molecule has 0 unspecified atom stereocenters. The molecule has 0 N–H and O–H groups in total. The van der Waals surface area contributed by atoms with Crippen LogP contribution in [0.4, 0.5) is 0 Å².